The van der Waals surface area contributed by atoms with Gasteiger partial charge in [-0.15, -0.1) is 0 Å². The van der Waals surface area contributed by atoms with Crippen LogP contribution in [0.15, 0.2) is 0 Å². The van der Waals surface area contributed by atoms with E-state index >= 15 is 0 Å². The van der Waals surface area contributed by atoms with Crippen molar-refractivity contribution in [1.29, 1.82) is 5.26 Å². The SMILES string of the molecule is CCCCCCC1COC([C@H]2CC[C@](C#N)(CCC)CC2)OC1. The largest absolute Gasteiger partial charge is 0.352 e. The first-order valence-corrected chi connectivity index (χ1v) is 9.87. The molecule has 0 unspecified atom stereocenters. The molecule has 23 heavy (non-hydrogen) atoms. The Labute approximate surface area is 142 Å². The minimum absolute atomic E-state index is 0.0137. The molecule has 0 aromatic rings. The molecule has 0 bridgehead atoms. The zero-order valence-electron chi connectivity index (χ0n) is 15.2. The van der Waals surface area contributed by atoms with Crippen LogP contribution in [0.3, 0.4) is 0 Å². The maximum absolute atomic E-state index is 9.51. The summed E-state index contributed by atoms with van der Waals surface area (Å²) in [6, 6.07) is 2.60. The molecule has 0 N–H and O–H groups in total. The highest BCUT2D eigenvalue weighted by atomic mass is 16.7. The zero-order valence-corrected chi connectivity index (χ0v) is 15.2. The normalized spacial score (nSPS) is 34.9. The molecule has 0 aromatic heterocycles. The van der Waals surface area contributed by atoms with E-state index in [0.717, 1.165) is 51.7 Å². The Morgan fingerprint density at radius 1 is 1.00 bits per heavy atom. The van der Waals surface area contributed by atoms with Crippen molar-refractivity contribution in [2.75, 3.05) is 13.2 Å². The first-order valence-electron chi connectivity index (χ1n) is 9.87. The van der Waals surface area contributed by atoms with E-state index in [0.29, 0.717) is 11.8 Å². The van der Waals surface area contributed by atoms with Gasteiger partial charge in [0.05, 0.1) is 24.7 Å². The smallest absolute Gasteiger partial charge is 0.160 e. The van der Waals surface area contributed by atoms with Gasteiger partial charge in [-0.3, -0.25) is 0 Å². The zero-order chi connectivity index (χ0) is 16.5. The van der Waals surface area contributed by atoms with E-state index in [4.69, 9.17) is 9.47 Å². The molecule has 2 rings (SSSR count). The molecule has 1 aliphatic carbocycles. The number of unbranched alkanes of at least 4 members (excludes halogenated alkanes) is 3. The molecular weight excluding hydrogens is 286 g/mol. The maximum atomic E-state index is 9.51. The third kappa shape index (κ3) is 5.47. The average Bonchev–Trinajstić information content (AvgIpc) is 2.60. The third-order valence-electron chi connectivity index (χ3n) is 5.80. The molecule has 3 heteroatoms. The summed E-state index contributed by atoms with van der Waals surface area (Å²) in [4.78, 5) is 0. The van der Waals surface area contributed by atoms with E-state index in [-0.39, 0.29) is 11.7 Å². The maximum Gasteiger partial charge on any atom is 0.160 e. The van der Waals surface area contributed by atoms with Crippen molar-refractivity contribution < 1.29 is 9.47 Å². The Kier molecular flexibility index (Phi) is 7.86. The summed E-state index contributed by atoms with van der Waals surface area (Å²) in [5.74, 6) is 1.08. The molecule has 1 heterocycles. The monoisotopic (exact) mass is 321 g/mol. The lowest BCUT2D eigenvalue weighted by Gasteiger charge is -2.40. The minimum atomic E-state index is -0.0677. The van der Waals surface area contributed by atoms with Crippen LogP contribution in [0.5, 0.6) is 0 Å². The number of nitriles is 1. The Bertz CT molecular complexity index is 360. The van der Waals surface area contributed by atoms with Crippen molar-refractivity contribution >= 4 is 0 Å². The number of ether oxygens (including phenoxy) is 2. The second-order valence-electron chi connectivity index (χ2n) is 7.73. The van der Waals surface area contributed by atoms with Gasteiger partial charge in [-0.05, 0) is 38.5 Å². The summed E-state index contributed by atoms with van der Waals surface area (Å²) >= 11 is 0. The van der Waals surface area contributed by atoms with Crippen molar-refractivity contribution in [3.63, 3.8) is 0 Å². The standard InChI is InChI=1S/C20H35NO2/c1-3-5-6-7-8-17-14-22-19(23-15-17)18-9-12-20(16-21,11-4-2)13-10-18/h17-19H,3-15H2,1-2H3/t17?,18-,19?,20+. The van der Waals surface area contributed by atoms with Crippen LogP contribution >= 0.6 is 0 Å². The van der Waals surface area contributed by atoms with Gasteiger partial charge in [0.1, 0.15) is 0 Å². The molecule has 2 fully saturated rings. The van der Waals surface area contributed by atoms with Crippen molar-refractivity contribution in [3.05, 3.63) is 0 Å². The van der Waals surface area contributed by atoms with E-state index in [1.807, 2.05) is 0 Å². The van der Waals surface area contributed by atoms with E-state index < -0.39 is 0 Å². The lowest BCUT2D eigenvalue weighted by Crippen LogP contribution is -2.40. The molecule has 1 saturated carbocycles. The van der Waals surface area contributed by atoms with Gasteiger partial charge in [-0.2, -0.15) is 5.26 Å². The third-order valence-corrected chi connectivity index (χ3v) is 5.80. The van der Waals surface area contributed by atoms with E-state index in [2.05, 4.69) is 19.9 Å². The summed E-state index contributed by atoms with van der Waals surface area (Å²) in [6.45, 7) is 6.17. The number of nitrogens with zero attached hydrogens (tertiary/aromatic N) is 1. The fraction of sp³-hybridized carbons (Fsp3) is 0.950. The lowest BCUT2D eigenvalue weighted by molar-refractivity contribution is -0.231. The quantitative estimate of drug-likeness (QED) is 0.558. The van der Waals surface area contributed by atoms with Gasteiger partial charge in [-0.25, -0.2) is 0 Å². The first kappa shape index (κ1) is 18.7. The Morgan fingerprint density at radius 2 is 1.70 bits per heavy atom. The van der Waals surface area contributed by atoms with Crippen LogP contribution in [0.25, 0.3) is 0 Å². The number of rotatable bonds is 8. The highest BCUT2D eigenvalue weighted by molar-refractivity contribution is 5.01. The van der Waals surface area contributed by atoms with Crippen molar-refractivity contribution in [2.24, 2.45) is 17.3 Å². The lowest BCUT2D eigenvalue weighted by atomic mass is 9.69. The summed E-state index contributed by atoms with van der Waals surface area (Å²) in [6.07, 6.45) is 12.9. The van der Waals surface area contributed by atoms with Gasteiger partial charge in [-0.1, -0.05) is 46.0 Å². The van der Waals surface area contributed by atoms with Crippen LogP contribution in [0.2, 0.25) is 0 Å². The van der Waals surface area contributed by atoms with Crippen molar-refractivity contribution in [2.45, 2.75) is 90.8 Å². The molecule has 1 saturated heterocycles. The summed E-state index contributed by atoms with van der Waals surface area (Å²) in [5, 5.41) is 9.51. The first-order chi connectivity index (χ1) is 11.2. The summed E-state index contributed by atoms with van der Waals surface area (Å²) in [5.41, 5.74) is -0.0677. The predicted molar refractivity (Wildman–Crippen MR) is 92.9 cm³/mol. The van der Waals surface area contributed by atoms with Crippen molar-refractivity contribution in [3.8, 4) is 6.07 Å². The highest BCUT2D eigenvalue weighted by Crippen LogP contribution is 2.44. The minimum Gasteiger partial charge on any atom is -0.352 e. The topological polar surface area (TPSA) is 42.2 Å². The number of hydrogen-bond donors (Lipinski definition) is 0. The summed E-state index contributed by atoms with van der Waals surface area (Å²) < 4.78 is 12.1. The number of hydrogen-bond acceptors (Lipinski definition) is 3. The van der Waals surface area contributed by atoms with Crippen molar-refractivity contribution in [1.82, 2.24) is 0 Å². The van der Waals surface area contributed by atoms with Crippen LogP contribution in [-0.2, 0) is 9.47 Å². The van der Waals surface area contributed by atoms with E-state index in [1.165, 1.54) is 32.1 Å². The van der Waals surface area contributed by atoms with Crippen LogP contribution in [-0.4, -0.2) is 19.5 Å². The van der Waals surface area contributed by atoms with E-state index in [9.17, 15) is 5.26 Å². The fourth-order valence-electron chi connectivity index (χ4n) is 4.22. The second-order valence-corrected chi connectivity index (χ2v) is 7.73. The van der Waals surface area contributed by atoms with Gasteiger partial charge in [0.25, 0.3) is 0 Å². The molecule has 2 aliphatic rings. The van der Waals surface area contributed by atoms with Crippen LogP contribution in [0.1, 0.15) is 84.5 Å². The molecular formula is C20H35NO2. The predicted octanol–water partition coefficient (Wildman–Crippen LogP) is 5.45. The van der Waals surface area contributed by atoms with E-state index in [1.54, 1.807) is 0 Å². The molecule has 0 aromatic carbocycles. The van der Waals surface area contributed by atoms with Gasteiger partial charge < -0.3 is 9.47 Å². The Hall–Kier alpha value is -0.590. The molecule has 0 spiro atoms. The average molecular weight is 322 g/mol. The molecule has 0 atom stereocenters. The molecule has 1 aliphatic heterocycles. The fourth-order valence-corrected chi connectivity index (χ4v) is 4.22. The van der Waals surface area contributed by atoms with Crippen LogP contribution < -0.4 is 0 Å². The van der Waals surface area contributed by atoms with Crippen LogP contribution in [0, 0.1) is 28.6 Å². The van der Waals surface area contributed by atoms with Gasteiger partial charge in [0.15, 0.2) is 6.29 Å². The molecule has 3 nitrogen and oxygen atoms in total. The Balaban J connectivity index is 1.67. The van der Waals surface area contributed by atoms with Gasteiger partial charge >= 0.3 is 0 Å². The summed E-state index contributed by atoms with van der Waals surface area (Å²) in [7, 11) is 0. The molecule has 0 radical (unpaired) electrons. The highest BCUT2D eigenvalue weighted by Gasteiger charge is 2.39. The molecule has 0 amide bonds. The Morgan fingerprint density at radius 3 is 2.26 bits per heavy atom. The molecule has 132 valence electrons. The van der Waals surface area contributed by atoms with Gasteiger partial charge in [0, 0.05) is 11.8 Å². The van der Waals surface area contributed by atoms with Crippen LogP contribution in [0.4, 0.5) is 0 Å². The van der Waals surface area contributed by atoms with Gasteiger partial charge in [0.2, 0.25) is 0 Å². The second kappa shape index (κ2) is 9.64.